The van der Waals surface area contributed by atoms with Crippen LogP contribution < -0.4 is 10.6 Å². The number of hydrogen-bond donors (Lipinski definition) is 2. The van der Waals surface area contributed by atoms with Crippen LogP contribution >= 0.6 is 11.8 Å². The average molecular weight is 348 g/mol. The highest BCUT2D eigenvalue weighted by molar-refractivity contribution is 7.99. The normalized spacial score (nSPS) is 10.4. The van der Waals surface area contributed by atoms with Gasteiger partial charge in [-0.1, -0.05) is 25.1 Å². The molecule has 2 aromatic rings. The minimum atomic E-state index is -0.468. The summed E-state index contributed by atoms with van der Waals surface area (Å²) in [5, 5.41) is 13.7. The quantitative estimate of drug-likeness (QED) is 0.582. The Kier molecular flexibility index (Phi) is 6.74. The van der Waals surface area contributed by atoms with Crippen molar-refractivity contribution in [2.75, 3.05) is 12.3 Å². The maximum atomic E-state index is 11.8. The van der Waals surface area contributed by atoms with E-state index in [4.69, 9.17) is 0 Å². The molecule has 9 heteroatoms. The third-order valence-corrected chi connectivity index (χ3v) is 4.19. The van der Waals surface area contributed by atoms with Crippen molar-refractivity contribution in [1.29, 1.82) is 0 Å². The van der Waals surface area contributed by atoms with Crippen molar-refractivity contribution in [2.24, 2.45) is 7.05 Å². The Morgan fingerprint density at radius 2 is 2.00 bits per heavy atom. The number of unbranched alkanes of at least 4 members (excludes halogenated alkanes) is 1. The lowest BCUT2D eigenvalue weighted by molar-refractivity contribution is -0.117. The van der Waals surface area contributed by atoms with Crippen LogP contribution in [-0.4, -0.2) is 44.0 Å². The van der Waals surface area contributed by atoms with Gasteiger partial charge in [0.25, 0.3) is 0 Å². The number of carbonyl (C=O) groups excluding carboxylic acids is 2. The Morgan fingerprint density at radius 3 is 2.71 bits per heavy atom. The van der Waals surface area contributed by atoms with Crippen molar-refractivity contribution in [3.63, 3.8) is 0 Å². The number of amides is 3. The number of urea groups is 1. The molecule has 2 rings (SSSR count). The number of hydrogen-bond acceptors (Lipinski definition) is 6. The fraction of sp³-hybridized carbons (Fsp3) is 0.400. The van der Waals surface area contributed by atoms with Crippen LogP contribution in [0.15, 0.2) is 29.7 Å². The zero-order chi connectivity index (χ0) is 17.4. The van der Waals surface area contributed by atoms with Gasteiger partial charge in [0.15, 0.2) is 11.0 Å². The van der Waals surface area contributed by atoms with Crippen LogP contribution in [0, 0.1) is 0 Å². The predicted octanol–water partition coefficient (Wildman–Crippen LogP) is 1.60. The van der Waals surface area contributed by atoms with Gasteiger partial charge in [0.1, 0.15) is 0 Å². The van der Waals surface area contributed by atoms with Crippen LogP contribution in [0.5, 0.6) is 0 Å². The third-order valence-electron chi connectivity index (χ3n) is 3.17. The number of nitrogens with zero attached hydrogens (tertiary/aromatic N) is 4. The van der Waals surface area contributed by atoms with E-state index in [1.807, 2.05) is 26.1 Å². The average Bonchev–Trinajstić information content (AvgIpc) is 2.95. The fourth-order valence-electron chi connectivity index (χ4n) is 1.91. The first-order chi connectivity index (χ1) is 11.6. The summed E-state index contributed by atoms with van der Waals surface area (Å²) in [4.78, 5) is 27.3. The summed E-state index contributed by atoms with van der Waals surface area (Å²) in [6, 6.07) is 3.21. The molecule has 2 aromatic heterocycles. The van der Waals surface area contributed by atoms with Gasteiger partial charge in [-0.15, -0.1) is 10.2 Å². The highest BCUT2D eigenvalue weighted by Crippen LogP contribution is 2.21. The number of aromatic nitrogens is 4. The highest BCUT2D eigenvalue weighted by atomic mass is 32.2. The van der Waals surface area contributed by atoms with Gasteiger partial charge in [0.05, 0.1) is 5.75 Å². The molecule has 24 heavy (non-hydrogen) atoms. The molecular formula is C15H20N6O2S. The van der Waals surface area contributed by atoms with Gasteiger partial charge in [-0.25, -0.2) is 4.79 Å². The van der Waals surface area contributed by atoms with Crippen LogP contribution in [0.2, 0.25) is 0 Å². The summed E-state index contributed by atoms with van der Waals surface area (Å²) in [5.74, 6) is 0.406. The number of imide groups is 1. The first-order valence-electron chi connectivity index (χ1n) is 7.62. The first-order valence-corrected chi connectivity index (χ1v) is 8.60. The number of rotatable bonds is 7. The summed E-state index contributed by atoms with van der Waals surface area (Å²) in [5.41, 5.74) is 0.895. The van der Waals surface area contributed by atoms with E-state index in [2.05, 4.69) is 25.8 Å². The number of thioether (sulfide) groups is 1. The molecule has 0 radical (unpaired) electrons. The molecule has 2 heterocycles. The summed E-state index contributed by atoms with van der Waals surface area (Å²) in [6.45, 7) is 2.59. The monoisotopic (exact) mass is 348 g/mol. The number of carbonyl (C=O) groups is 2. The zero-order valence-corrected chi connectivity index (χ0v) is 14.5. The van der Waals surface area contributed by atoms with E-state index < -0.39 is 6.03 Å². The first kappa shape index (κ1) is 17.9. The lowest BCUT2D eigenvalue weighted by Gasteiger charge is -2.06. The van der Waals surface area contributed by atoms with Crippen molar-refractivity contribution in [3.05, 3.63) is 24.5 Å². The van der Waals surface area contributed by atoms with E-state index in [9.17, 15) is 9.59 Å². The van der Waals surface area contributed by atoms with Gasteiger partial charge in [0, 0.05) is 31.5 Å². The van der Waals surface area contributed by atoms with Crippen molar-refractivity contribution in [3.8, 4) is 11.4 Å². The van der Waals surface area contributed by atoms with E-state index >= 15 is 0 Å². The summed E-state index contributed by atoms with van der Waals surface area (Å²) in [7, 11) is 1.83. The second kappa shape index (κ2) is 9.02. The summed E-state index contributed by atoms with van der Waals surface area (Å²) >= 11 is 1.22. The van der Waals surface area contributed by atoms with Crippen LogP contribution in [0.3, 0.4) is 0 Å². The standard InChI is InChI=1S/C15H20N6O2S/c1-3-4-7-17-14(23)18-12(22)10-24-15-20-19-13(21(15)2)11-5-8-16-9-6-11/h5-6,8-9H,3-4,7,10H2,1-2H3,(H2,17,18,22,23). The van der Waals surface area contributed by atoms with Gasteiger partial charge in [-0.2, -0.15) is 0 Å². The Balaban J connectivity index is 1.85. The molecular weight excluding hydrogens is 328 g/mol. The van der Waals surface area contributed by atoms with Gasteiger partial charge < -0.3 is 9.88 Å². The van der Waals surface area contributed by atoms with Crippen molar-refractivity contribution < 1.29 is 9.59 Å². The molecule has 3 amide bonds. The smallest absolute Gasteiger partial charge is 0.321 e. The molecule has 2 N–H and O–H groups in total. The van der Waals surface area contributed by atoms with Crippen molar-refractivity contribution in [2.45, 2.75) is 24.9 Å². The minimum Gasteiger partial charge on any atom is -0.338 e. The van der Waals surface area contributed by atoms with Gasteiger partial charge in [-0.05, 0) is 18.6 Å². The van der Waals surface area contributed by atoms with Gasteiger partial charge in [0.2, 0.25) is 5.91 Å². The lowest BCUT2D eigenvalue weighted by atomic mass is 10.2. The largest absolute Gasteiger partial charge is 0.338 e. The third kappa shape index (κ3) is 5.05. The SMILES string of the molecule is CCCCNC(=O)NC(=O)CSc1nnc(-c2ccncc2)n1C. The van der Waals surface area contributed by atoms with Crippen LogP contribution in [0.25, 0.3) is 11.4 Å². The van der Waals surface area contributed by atoms with E-state index in [1.54, 1.807) is 17.0 Å². The second-order valence-corrected chi connectivity index (χ2v) is 5.99. The molecule has 0 aliphatic carbocycles. The van der Waals surface area contributed by atoms with Crippen molar-refractivity contribution in [1.82, 2.24) is 30.4 Å². The Hall–Kier alpha value is -2.42. The molecule has 0 bridgehead atoms. The molecule has 0 aliphatic heterocycles. The molecule has 0 saturated heterocycles. The molecule has 0 spiro atoms. The predicted molar refractivity (Wildman–Crippen MR) is 91.4 cm³/mol. The molecule has 8 nitrogen and oxygen atoms in total. The minimum absolute atomic E-state index is 0.0868. The highest BCUT2D eigenvalue weighted by Gasteiger charge is 2.13. The van der Waals surface area contributed by atoms with Gasteiger partial charge >= 0.3 is 6.03 Å². The Bertz CT molecular complexity index is 689. The van der Waals surface area contributed by atoms with Crippen LogP contribution in [0.1, 0.15) is 19.8 Å². The van der Waals surface area contributed by atoms with Crippen LogP contribution in [0.4, 0.5) is 4.79 Å². The Morgan fingerprint density at radius 1 is 1.25 bits per heavy atom. The number of nitrogens with one attached hydrogen (secondary N) is 2. The zero-order valence-electron chi connectivity index (χ0n) is 13.7. The molecule has 0 aromatic carbocycles. The molecule has 0 saturated carbocycles. The topological polar surface area (TPSA) is 102 Å². The van der Waals surface area contributed by atoms with Crippen molar-refractivity contribution >= 4 is 23.7 Å². The maximum Gasteiger partial charge on any atom is 0.321 e. The van der Waals surface area contributed by atoms with E-state index in [-0.39, 0.29) is 11.7 Å². The second-order valence-electron chi connectivity index (χ2n) is 5.05. The molecule has 0 fully saturated rings. The van der Waals surface area contributed by atoms with E-state index in [0.717, 1.165) is 18.4 Å². The lowest BCUT2D eigenvalue weighted by Crippen LogP contribution is -2.40. The molecule has 0 atom stereocenters. The summed E-state index contributed by atoms with van der Waals surface area (Å²) in [6.07, 6.45) is 5.23. The van der Waals surface area contributed by atoms with E-state index in [1.165, 1.54) is 11.8 Å². The molecule has 0 unspecified atom stereocenters. The van der Waals surface area contributed by atoms with Gasteiger partial charge in [-0.3, -0.25) is 15.1 Å². The molecule has 0 aliphatic rings. The maximum absolute atomic E-state index is 11.8. The summed E-state index contributed by atoms with van der Waals surface area (Å²) < 4.78 is 1.80. The van der Waals surface area contributed by atoms with E-state index in [0.29, 0.717) is 17.5 Å². The number of pyridine rings is 1. The fourth-order valence-corrected chi connectivity index (χ4v) is 2.62. The Labute approximate surface area is 144 Å². The molecule has 128 valence electrons. The van der Waals surface area contributed by atoms with Crippen LogP contribution in [-0.2, 0) is 11.8 Å².